The molecule has 1 aromatic carbocycles. The number of halogens is 3. The number of alkyl halides is 3. The third-order valence-corrected chi connectivity index (χ3v) is 3.49. The minimum absolute atomic E-state index is 0.396. The van der Waals surface area contributed by atoms with Gasteiger partial charge in [-0.25, -0.2) is 0 Å². The zero-order valence-corrected chi connectivity index (χ0v) is 10.3. The zero-order valence-electron chi connectivity index (χ0n) is 10.3. The van der Waals surface area contributed by atoms with Crippen LogP contribution in [0.3, 0.4) is 0 Å². The van der Waals surface area contributed by atoms with Crippen molar-refractivity contribution in [2.75, 3.05) is 7.11 Å². The Labute approximate surface area is 108 Å². The van der Waals surface area contributed by atoms with Gasteiger partial charge in [0.25, 0.3) is 0 Å². The second-order valence-corrected chi connectivity index (χ2v) is 4.61. The van der Waals surface area contributed by atoms with E-state index >= 15 is 0 Å². The molecule has 2 N–H and O–H groups in total. The van der Waals surface area contributed by atoms with E-state index in [-0.39, 0.29) is 0 Å². The summed E-state index contributed by atoms with van der Waals surface area (Å²) in [5, 5.41) is 0. The first kappa shape index (κ1) is 13.9. The third kappa shape index (κ3) is 2.58. The van der Waals surface area contributed by atoms with E-state index in [2.05, 4.69) is 4.74 Å². The van der Waals surface area contributed by atoms with Gasteiger partial charge in [-0.3, -0.25) is 4.79 Å². The molecule has 0 radical (unpaired) electrons. The number of carbonyl (C=O) groups excluding carboxylic acids is 1. The molecule has 1 aliphatic carbocycles. The summed E-state index contributed by atoms with van der Waals surface area (Å²) in [7, 11) is 1.28. The maximum atomic E-state index is 12.6. The number of rotatable bonds is 1. The number of hydrogen-bond acceptors (Lipinski definition) is 3. The lowest BCUT2D eigenvalue weighted by Gasteiger charge is -2.29. The molecule has 0 heterocycles. The molecule has 0 aromatic heterocycles. The predicted octanol–water partition coefficient (Wildman–Crippen LogP) is 2.44. The predicted molar refractivity (Wildman–Crippen MR) is 62.2 cm³/mol. The maximum Gasteiger partial charge on any atom is 0.416 e. The van der Waals surface area contributed by atoms with Crippen LogP contribution in [0.1, 0.15) is 29.2 Å². The van der Waals surface area contributed by atoms with Crippen molar-refractivity contribution in [2.24, 2.45) is 11.7 Å². The number of esters is 1. The number of aryl methyl sites for hydroxylation is 1. The SMILES string of the molecule is COC(=O)C1CCc2cc(C(F)(F)F)ccc2C1N. The molecule has 0 spiro atoms. The van der Waals surface area contributed by atoms with Gasteiger partial charge in [-0.1, -0.05) is 6.07 Å². The van der Waals surface area contributed by atoms with Crippen LogP contribution in [0.2, 0.25) is 0 Å². The average Bonchev–Trinajstić information content (AvgIpc) is 2.37. The first-order chi connectivity index (χ1) is 8.84. The molecule has 0 aliphatic heterocycles. The molecule has 0 saturated heterocycles. The highest BCUT2D eigenvalue weighted by Crippen LogP contribution is 2.37. The van der Waals surface area contributed by atoms with Crippen molar-refractivity contribution in [1.82, 2.24) is 0 Å². The first-order valence-electron chi connectivity index (χ1n) is 5.88. The molecule has 2 atom stereocenters. The second kappa shape index (κ2) is 4.85. The Balaban J connectivity index is 2.34. The third-order valence-electron chi connectivity index (χ3n) is 3.49. The quantitative estimate of drug-likeness (QED) is 0.800. The smallest absolute Gasteiger partial charge is 0.416 e. The van der Waals surface area contributed by atoms with E-state index in [0.29, 0.717) is 24.0 Å². The van der Waals surface area contributed by atoms with Crippen LogP contribution in [0.15, 0.2) is 18.2 Å². The van der Waals surface area contributed by atoms with Gasteiger partial charge in [-0.15, -0.1) is 0 Å². The van der Waals surface area contributed by atoms with Crippen LogP contribution in [0.5, 0.6) is 0 Å². The Hall–Kier alpha value is -1.56. The highest BCUT2D eigenvalue weighted by molar-refractivity contribution is 5.74. The Morgan fingerprint density at radius 3 is 2.68 bits per heavy atom. The number of ether oxygens (including phenoxy) is 1. The summed E-state index contributed by atoms with van der Waals surface area (Å²) in [5.74, 6) is -0.910. The molecule has 1 aliphatic rings. The summed E-state index contributed by atoms with van der Waals surface area (Å²) in [6, 6.07) is 2.86. The number of benzene rings is 1. The average molecular weight is 273 g/mol. The fourth-order valence-corrected chi connectivity index (χ4v) is 2.45. The summed E-state index contributed by atoms with van der Waals surface area (Å²) in [6.07, 6.45) is -3.56. The summed E-state index contributed by atoms with van der Waals surface area (Å²) >= 11 is 0. The molecular formula is C13H14F3NO2. The normalized spacial score (nSPS) is 22.8. The molecule has 3 nitrogen and oxygen atoms in total. The lowest BCUT2D eigenvalue weighted by Crippen LogP contribution is -2.33. The highest BCUT2D eigenvalue weighted by atomic mass is 19.4. The molecule has 0 bridgehead atoms. The molecule has 2 unspecified atom stereocenters. The van der Waals surface area contributed by atoms with Crippen LogP contribution in [-0.2, 0) is 22.1 Å². The molecule has 0 fully saturated rings. The summed E-state index contributed by atoms with van der Waals surface area (Å²) in [5.41, 5.74) is 6.41. The van der Waals surface area contributed by atoms with E-state index in [4.69, 9.17) is 5.73 Å². The molecule has 0 saturated carbocycles. The standard InChI is InChI=1S/C13H14F3NO2/c1-19-12(18)10-4-2-7-6-8(13(14,15)16)3-5-9(7)11(10)17/h3,5-6,10-11H,2,4,17H2,1H3. The molecule has 0 amide bonds. The summed E-state index contributed by atoms with van der Waals surface area (Å²) in [6.45, 7) is 0. The Kier molecular flexibility index (Phi) is 3.54. The molecule has 2 rings (SSSR count). The summed E-state index contributed by atoms with van der Waals surface area (Å²) < 4.78 is 42.5. The Morgan fingerprint density at radius 2 is 2.11 bits per heavy atom. The fourth-order valence-electron chi connectivity index (χ4n) is 2.45. The maximum absolute atomic E-state index is 12.6. The van der Waals surface area contributed by atoms with Gasteiger partial charge in [-0.2, -0.15) is 13.2 Å². The number of fused-ring (bicyclic) bond motifs is 1. The minimum atomic E-state index is -4.36. The van der Waals surface area contributed by atoms with Crippen molar-refractivity contribution in [3.8, 4) is 0 Å². The van der Waals surface area contributed by atoms with Crippen LogP contribution >= 0.6 is 0 Å². The van der Waals surface area contributed by atoms with Crippen molar-refractivity contribution in [1.29, 1.82) is 0 Å². The van der Waals surface area contributed by atoms with Crippen LogP contribution in [0.25, 0.3) is 0 Å². The van der Waals surface area contributed by atoms with E-state index in [1.165, 1.54) is 13.2 Å². The van der Waals surface area contributed by atoms with Crippen molar-refractivity contribution in [2.45, 2.75) is 25.1 Å². The van der Waals surface area contributed by atoms with Crippen molar-refractivity contribution >= 4 is 5.97 Å². The van der Waals surface area contributed by atoms with Gasteiger partial charge in [0.15, 0.2) is 0 Å². The Morgan fingerprint density at radius 1 is 1.42 bits per heavy atom. The van der Waals surface area contributed by atoms with Crippen LogP contribution in [0.4, 0.5) is 13.2 Å². The van der Waals surface area contributed by atoms with Gasteiger partial charge in [0.2, 0.25) is 0 Å². The van der Waals surface area contributed by atoms with E-state index in [1.54, 1.807) is 0 Å². The van der Waals surface area contributed by atoms with Crippen LogP contribution < -0.4 is 5.73 Å². The number of hydrogen-bond donors (Lipinski definition) is 1. The van der Waals surface area contributed by atoms with Crippen molar-refractivity contribution in [3.63, 3.8) is 0 Å². The first-order valence-corrected chi connectivity index (χ1v) is 5.88. The van der Waals surface area contributed by atoms with E-state index in [1.807, 2.05) is 0 Å². The minimum Gasteiger partial charge on any atom is -0.469 e. The fraction of sp³-hybridized carbons (Fsp3) is 0.462. The monoisotopic (exact) mass is 273 g/mol. The van der Waals surface area contributed by atoms with Crippen LogP contribution in [0, 0.1) is 5.92 Å². The lowest BCUT2D eigenvalue weighted by molar-refractivity contribution is -0.146. The van der Waals surface area contributed by atoms with Gasteiger partial charge in [0.1, 0.15) is 0 Å². The topological polar surface area (TPSA) is 52.3 Å². The van der Waals surface area contributed by atoms with Gasteiger partial charge in [-0.05, 0) is 36.1 Å². The van der Waals surface area contributed by atoms with Crippen LogP contribution in [-0.4, -0.2) is 13.1 Å². The Bertz CT molecular complexity index is 499. The van der Waals surface area contributed by atoms with Crippen molar-refractivity contribution < 1.29 is 22.7 Å². The van der Waals surface area contributed by atoms with Gasteiger partial charge >= 0.3 is 12.1 Å². The number of nitrogens with two attached hydrogens (primary N) is 1. The number of carbonyl (C=O) groups is 1. The van der Waals surface area contributed by atoms with Gasteiger partial charge in [0.05, 0.1) is 18.6 Å². The largest absolute Gasteiger partial charge is 0.469 e. The van der Waals surface area contributed by atoms with Crippen molar-refractivity contribution in [3.05, 3.63) is 34.9 Å². The molecule has 19 heavy (non-hydrogen) atoms. The number of methoxy groups -OCH3 is 1. The highest BCUT2D eigenvalue weighted by Gasteiger charge is 2.36. The molecule has 6 heteroatoms. The van der Waals surface area contributed by atoms with E-state index < -0.39 is 29.7 Å². The zero-order chi connectivity index (χ0) is 14.2. The lowest BCUT2D eigenvalue weighted by atomic mass is 9.79. The van der Waals surface area contributed by atoms with E-state index in [0.717, 1.165) is 12.1 Å². The van der Waals surface area contributed by atoms with Gasteiger partial charge < -0.3 is 10.5 Å². The molecular weight excluding hydrogens is 259 g/mol. The second-order valence-electron chi connectivity index (χ2n) is 4.61. The van der Waals surface area contributed by atoms with E-state index in [9.17, 15) is 18.0 Å². The van der Waals surface area contributed by atoms with Gasteiger partial charge in [0, 0.05) is 6.04 Å². The molecule has 104 valence electrons. The molecule has 1 aromatic rings. The summed E-state index contributed by atoms with van der Waals surface area (Å²) in [4.78, 5) is 11.5.